The topological polar surface area (TPSA) is 126 Å². The van der Waals surface area contributed by atoms with Crippen molar-refractivity contribution in [3.8, 4) is 0 Å². The van der Waals surface area contributed by atoms with E-state index in [1.54, 1.807) is 4.90 Å². The maximum absolute atomic E-state index is 13.0. The number of quaternary nitrogens is 2. The number of piperazine rings is 1. The molecule has 0 spiro atoms. The Hall–Kier alpha value is -1.67. The molecule has 0 aromatic rings. The van der Waals surface area contributed by atoms with Gasteiger partial charge in [0.1, 0.15) is 12.6 Å². The van der Waals surface area contributed by atoms with Gasteiger partial charge in [-0.3, -0.25) is 14.4 Å². The highest BCUT2D eigenvalue weighted by atomic mass is 16.2. The van der Waals surface area contributed by atoms with Crippen LogP contribution in [0.25, 0.3) is 0 Å². The first-order valence-corrected chi connectivity index (χ1v) is 11.1. The molecule has 7 N–H and O–H groups in total. The third kappa shape index (κ3) is 5.44. The molecule has 0 unspecified atom stereocenters. The van der Waals surface area contributed by atoms with Gasteiger partial charge in [0.25, 0.3) is 0 Å². The number of amides is 3. The van der Waals surface area contributed by atoms with E-state index in [1.807, 2.05) is 0 Å². The molecular weight excluding hydrogens is 358 g/mol. The molecule has 3 fully saturated rings. The summed E-state index contributed by atoms with van der Waals surface area (Å²) in [6.07, 6.45) is 8.17. The quantitative estimate of drug-likeness (QED) is 0.403. The first-order chi connectivity index (χ1) is 13.6. The van der Waals surface area contributed by atoms with Crippen molar-refractivity contribution in [2.45, 2.75) is 63.5 Å². The van der Waals surface area contributed by atoms with E-state index >= 15 is 0 Å². The normalized spacial score (nSPS) is 25.9. The van der Waals surface area contributed by atoms with Gasteiger partial charge >= 0.3 is 0 Å². The molecule has 3 aliphatic rings. The second-order valence-electron chi connectivity index (χ2n) is 8.70. The first kappa shape index (κ1) is 21.0. The van der Waals surface area contributed by atoms with Crippen LogP contribution >= 0.6 is 0 Å². The zero-order chi connectivity index (χ0) is 19.9. The van der Waals surface area contributed by atoms with Crippen LogP contribution in [0.3, 0.4) is 0 Å². The summed E-state index contributed by atoms with van der Waals surface area (Å²) in [4.78, 5) is 39.8. The van der Waals surface area contributed by atoms with Crippen molar-refractivity contribution in [2.24, 2.45) is 17.6 Å². The average molecular weight is 396 g/mol. The van der Waals surface area contributed by atoms with Gasteiger partial charge in [0.15, 0.2) is 6.04 Å². The maximum atomic E-state index is 13.0. The molecule has 2 saturated heterocycles. The van der Waals surface area contributed by atoms with Crippen LogP contribution in [0.1, 0.15) is 51.4 Å². The maximum Gasteiger partial charge on any atom is 0.249 e. The number of carbonyl (C=O) groups is 3. The highest BCUT2D eigenvalue weighted by molar-refractivity contribution is 5.92. The lowest BCUT2D eigenvalue weighted by Gasteiger charge is -2.36. The molecule has 0 aromatic heterocycles. The van der Waals surface area contributed by atoms with Crippen molar-refractivity contribution in [1.29, 1.82) is 0 Å². The number of nitrogens with two attached hydrogens (primary N) is 3. The predicted molar refractivity (Wildman–Crippen MR) is 104 cm³/mol. The Bertz CT molecular complexity index is 558. The molecule has 28 heavy (non-hydrogen) atoms. The summed E-state index contributed by atoms with van der Waals surface area (Å²) in [6, 6.07) is -1.15. The van der Waals surface area contributed by atoms with Gasteiger partial charge in [-0.25, -0.2) is 0 Å². The van der Waals surface area contributed by atoms with E-state index < -0.39 is 18.0 Å². The third-order valence-corrected chi connectivity index (χ3v) is 6.67. The van der Waals surface area contributed by atoms with E-state index in [1.165, 1.54) is 19.3 Å². The molecule has 8 nitrogen and oxygen atoms in total. The van der Waals surface area contributed by atoms with Crippen LogP contribution in [0.2, 0.25) is 0 Å². The summed E-state index contributed by atoms with van der Waals surface area (Å²) in [6.45, 7) is 3.89. The molecule has 0 radical (unpaired) electrons. The number of hydrogen-bond acceptors (Lipinski definition) is 3. The number of carbonyl (C=O) groups excluding carboxylic acids is 3. The fourth-order valence-corrected chi connectivity index (χ4v) is 4.98. The fourth-order valence-electron chi connectivity index (χ4n) is 4.98. The molecule has 2 atom stereocenters. The molecule has 8 heteroatoms. The Morgan fingerprint density at radius 1 is 1.00 bits per heavy atom. The lowest BCUT2D eigenvalue weighted by Crippen LogP contribution is -2.93. The van der Waals surface area contributed by atoms with Crippen LogP contribution in [-0.4, -0.2) is 67.4 Å². The van der Waals surface area contributed by atoms with Crippen molar-refractivity contribution in [3.05, 3.63) is 0 Å². The van der Waals surface area contributed by atoms with Crippen molar-refractivity contribution < 1.29 is 25.0 Å². The van der Waals surface area contributed by atoms with Gasteiger partial charge in [0.2, 0.25) is 17.7 Å². The average Bonchev–Trinajstić information content (AvgIpc) is 2.74. The monoisotopic (exact) mass is 395 g/mol. The van der Waals surface area contributed by atoms with Gasteiger partial charge in [-0.05, 0) is 12.3 Å². The van der Waals surface area contributed by atoms with Crippen molar-refractivity contribution in [1.82, 2.24) is 10.2 Å². The highest BCUT2D eigenvalue weighted by Gasteiger charge is 2.39. The lowest BCUT2D eigenvalue weighted by molar-refractivity contribution is -0.666. The number of hydrogen-bond donors (Lipinski definition) is 4. The second-order valence-corrected chi connectivity index (χ2v) is 8.70. The van der Waals surface area contributed by atoms with E-state index in [2.05, 4.69) is 16.0 Å². The van der Waals surface area contributed by atoms with Crippen LogP contribution in [-0.2, 0) is 14.4 Å². The van der Waals surface area contributed by atoms with E-state index in [9.17, 15) is 14.4 Å². The summed E-state index contributed by atoms with van der Waals surface area (Å²) in [7, 11) is 0. The Labute approximate surface area is 167 Å². The Balaban J connectivity index is 1.61. The molecule has 3 rings (SSSR count). The van der Waals surface area contributed by atoms with Crippen LogP contribution < -0.4 is 21.7 Å². The van der Waals surface area contributed by atoms with Gasteiger partial charge < -0.3 is 26.6 Å². The summed E-state index contributed by atoms with van der Waals surface area (Å²) in [5, 5.41) is 7.20. The smallest absolute Gasteiger partial charge is 0.249 e. The molecular formula is C20H37N5O3+2. The van der Waals surface area contributed by atoms with E-state index in [0.717, 1.165) is 45.3 Å². The molecule has 1 aliphatic carbocycles. The van der Waals surface area contributed by atoms with Crippen molar-refractivity contribution >= 4 is 17.7 Å². The van der Waals surface area contributed by atoms with E-state index in [0.29, 0.717) is 25.4 Å². The summed E-state index contributed by atoms with van der Waals surface area (Å²) >= 11 is 0. The summed E-state index contributed by atoms with van der Waals surface area (Å²) in [5.41, 5.74) is 5.60. The van der Waals surface area contributed by atoms with Gasteiger partial charge in [-0.15, -0.1) is 0 Å². The van der Waals surface area contributed by atoms with Gasteiger partial charge in [-0.1, -0.05) is 32.1 Å². The number of nitrogens with one attached hydrogen (secondary N) is 1. The molecule has 3 amide bonds. The SMILES string of the molecule is NC(=O)[C@H](CC1CCCCC1)NC(=O)[C@H]1C[NH2+]CCN1C(=O)C1CC[NH2+]CC1. The standard InChI is InChI=1S/C20H35N5O3/c21-18(26)16(12-14-4-2-1-3-5-14)24-19(27)17-13-23-10-11-25(17)20(28)15-6-8-22-9-7-15/h14-17,22-23H,1-13H2,(H2,21,26)(H,24,27)/p+2/t16-,17+/m0/s1. The van der Waals surface area contributed by atoms with Crippen LogP contribution in [0.4, 0.5) is 0 Å². The fraction of sp³-hybridized carbons (Fsp3) is 0.850. The lowest BCUT2D eigenvalue weighted by atomic mass is 9.84. The number of piperidine rings is 1. The van der Waals surface area contributed by atoms with Crippen LogP contribution in [0.15, 0.2) is 0 Å². The van der Waals surface area contributed by atoms with Crippen molar-refractivity contribution in [3.63, 3.8) is 0 Å². The zero-order valence-electron chi connectivity index (χ0n) is 16.9. The van der Waals surface area contributed by atoms with Gasteiger partial charge in [-0.2, -0.15) is 0 Å². The number of primary amides is 1. The minimum absolute atomic E-state index is 0.0209. The molecule has 2 heterocycles. The largest absolute Gasteiger partial charge is 0.368 e. The van der Waals surface area contributed by atoms with Crippen molar-refractivity contribution in [2.75, 3.05) is 32.7 Å². The molecule has 0 aromatic carbocycles. The summed E-state index contributed by atoms with van der Waals surface area (Å²) in [5.74, 6) is -0.136. The van der Waals surface area contributed by atoms with E-state index in [-0.39, 0.29) is 17.7 Å². The molecule has 1 saturated carbocycles. The minimum atomic E-state index is -0.640. The molecule has 2 aliphatic heterocycles. The van der Waals surface area contributed by atoms with Crippen LogP contribution in [0.5, 0.6) is 0 Å². The Morgan fingerprint density at radius 2 is 1.71 bits per heavy atom. The predicted octanol–water partition coefficient (Wildman–Crippen LogP) is -2.33. The molecule has 0 bridgehead atoms. The first-order valence-electron chi connectivity index (χ1n) is 11.1. The highest BCUT2D eigenvalue weighted by Crippen LogP contribution is 2.27. The minimum Gasteiger partial charge on any atom is -0.368 e. The van der Waals surface area contributed by atoms with Gasteiger partial charge in [0.05, 0.1) is 26.2 Å². The van der Waals surface area contributed by atoms with Crippen LogP contribution in [0, 0.1) is 11.8 Å². The second kappa shape index (κ2) is 10.2. The zero-order valence-corrected chi connectivity index (χ0v) is 16.9. The Kier molecular flexibility index (Phi) is 7.67. The van der Waals surface area contributed by atoms with E-state index in [4.69, 9.17) is 5.73 Å². The Morgan fingerprint density at radius 3 is 2.39 bits per heavy atom. The van der Waals surface area contributed by atoms with Gasteiger partial charge in [0, 0.05) is 18.8 Å². The summed E-state index contributed by atoms with van der Waals surface area (Å²) < 4.78 is 0. The number of nitrogens with zero attached hydrogens (tertiary/aromatic N) is 1. The number of rotatable bonds is 6. The third-order valence-electron chi connectivity index (χ3n) is 6.67. The molecule has 158 valence electrons.